The quantitative estimate of drug-likeness (QED) is 0.605. The number of thioether (sulfide) groups is 1. The van der Waals surface area contributed by atoms with Crippen molar-refractivity contribution >= 4 is 34.6 Å². The van der Waals surface area contributed by atoms with Crippen molar-refractivity contribution in [2.24, 2.45) is 10.2 Å². The van der Waals surface area contributed by atoms with Crippen molar-refractivity contribution in [2.45, 2.75) is 13.3 Å². The SMILES string of the molecule is CCC(=O)C(=O)C1=NN=CSC1. The predicted molar refractivity (Wildman–Crippen MR) is 48.7 cm³/mol. The molecule has 0 bridgehead atoms. The minimum Gasteiger partial charge on any atom is -0.290 e. The summed E-state index contributed by atoms with van der Waals surface area (Å²) in [5.41, 5.74) is 1.81. The van der Waals surface area contributed by atoms with Crippen molar-refractivity contribution in [3.8, 4) is 0 Å². The van der Waals surface area contributed by atoms with Crippen LogP contribution in [0.1, 0.15) is 13.3 Å². The highest BCUT2D eigenvalue weighted by atomic mass is 32.2. The van der Waals surface area contributed by atoms with Gasteiger partial charge in [0.25, 0.3) is 0 Å². The second-order valence-corrected chi connectivity index (χ2v) is 3.02. The summed E-state index contributed by atoms with van der Waals surface area (Å²) in [6.45, 7) is 1.65. The largest absolute Gasteiger partial charge is 0.290 e. The van der Waals surface area contributed by atoms with E-state index in [1.807, 2.05) is 0 Å². The molecule has 0 aromatic carbocycles. The predicted octanol–water partition coefficient (Wildman–Crippen LogP) is 0.666. The minimum atomic E-state index is -0.498. The fourth-order valence-electron chi connectivity index (χ4n) is 0.704. The Hall–Kier alpha value is -0.970. The first kappa shape index (κ1) is 9.12. The molecule has 0 amide bonds. The van der Waals surface area contributed by atoms with Crippen LogP contribution in [0.25, 0.3) is 0 Å². The molecule has 1 aliphatic heterocycles. The zero-order valence-electron chi connectivity index (χ0n) is 6.61. The van der Waals surface area contributed by atoms with Crippen LogP contribution in [-0.4, -0.2) is 28.6 Å². The van der Waals surface area contributed by atoms with Crippen molar-refractivity contribution in [2.75, 3.05) is 5.75 Å². The molecule has 64 valence electrons. The third-order valence-corrected chi connectivity index (χ3v) is 2.04. The number of hydrogen-bond donors (Lipinski definition) is 0. The van der Waals surface area contributed by atoms with Crippen LogP contribution in [-0.2, 0) is 9.59 Å². The molecule has 1 heterocycles. The van der Waals surface area contributed by atoms with Crippen LogP contribution in [0, 0.1) is 0 Å². The molecule has 0 fully saturated rings. The number of hydrogen-bond acceptors (Lipinski definition) is 5. The van der Waals surface area contributed by atoms with Gasteiger partial charge in [-0.3, -0.25) is 9.59 Å². The molecule has 0 spiro atoms. The monoisotopic (exact) mass is 184 g/mol. The fraction of sp³-hybridized carbons (Fsp3) is 0.429. The van der Waals surface area contributed by atoms with Crippen LogP contribution in [0.4, 0.5) is 0 Å². The van der Waals surface area contributed by atoms with Gasteiger partial charge in [0.05, 0.1) is 5.55 Å². The van der Waals surface area contributed by atoms with Crippen LogP contribution < -0.4 is 0 Å². The van der Waals surface area contributed by atoms with E-state index >= 15 is 0 Å². The van der Waals surface area contributed by atoms with Gasteiger partial charge in [0.15, 0.2) is 0 Å². The van der Waals surface area contributed by atoms with Gasteiger partial charge in [0.1, 0.15) is 5.71 Å². The molecule has 4 nitrogen and oxygen atoms in total. The number of rotatable bonds is 3. The van der Waals surface area contributed by atoms with E-state index in [9.17, 15) is 9.59 Å². The molecule has 12 heavy (non-hydrogen) atoms. The van der Waals surface area contributed by atoms with Gasteiger partial charge in [0, 0.05) is 12.2 Å². The number of nitrogens with zero attached hydrogens (tertiary/aromatic N) is 2. The van der Waals surface area contributed by atoms with Crippen LogP contribution >= 0.6 is 11.8 Å². The summed E-state index contributed by atoms with van der Waals surface area (Å²) in [5.74, 6) is -0.443. The zero-order chi connectivity index (χ0) is 8.97. The number of carbonyl (C=O) groups is 2. The van der Waals surface area contributed by atoms with Crippen molar-refractivity contribution in [1.82, 2.24) is 0 Å². The highest BCUT2D eigenvalue weighted by molar-refractivity contribution is 8.12. The van der Waals surface area contributed by atoms with E-state index in [0.717, 1.165) is 0 Å². The third kappa shape index (κ3) is 2.01. The van der Waals surface area contributed by atoms with E-state index < -0.39 is 11.6 Å². The van der Waals surface area contributed by atoms with Crippen LogP contribution in [0.15, 0.2) is 10.2 Å². The molecule has 0 N–H and O–H groups in total. The van der Waals surface area contributed by atoms with Gasteiger partial charge in [-0.1, -0.05) is 6.92 Å². The van der Waals surface area contributed by atoms with Gasteiger partial charge in [-0.2, -0.15) is 5.10 Å². The maximum atomic E-state index is 11.2. The second kappa shape index (κ2) is 4.15. The topological polar surface area (TPSA) is 58.9 Å². The van der Waals surface area contributed by atoms with Gasteiger partial charge in [0.2, 0.25) is 11.6 Å². The van der Waals surface area contributed by atoms with E-state index in [0.29, 0.717) is 5.75 Å². The van der Waals surface area contributed by atoms with Gasteiger partial charge >= 0.3 is 0 Å². The standard InChI is InChI=1S/C7H8N2O2S/c1-2-6(10)7(11)5-3-12-4-8-9-5/h4H,2-3H2,1H3. The van der Waals surface area contributed by atoms with E-state index in [-0.39, 0.29) is 12.1 Å². The molecule has 0 atom stereocenters. The van der Waals surface area contributed by atoms with E-state index in [4.69, 9.17) is 0 Å². The average Bonchev–Trinajstić information content (AvgIpc) is 2.17. The molecular formula is C7H8N2O2S. The van der Waals surface area contributed by atoms with Crippen molar-refractivity contribution < 1.29 is 9.59 Å². The molecular weight excluding hydrogens is 176 g/mol. The minimum absolute atomic E-state index is 0.228. The van der Waals surface area contributed by atoms with Gasteiger partial charge in [-0.05, 0) is 0 Å². The fourth-order valence-corrected chi connectivity index (χ4v) is 1.24. The van der Waals surface area contributed by atoms with E-state index in [2.05, 4.69) is 10.2 Å². The Balaban J connectivity index is 2.69. The lowest BCUT2D eigenvalue weighted by Crippen LogP contribution is -2.25. The maximum absolute atomic E-state index is 11.2. The van der Waals surface area contributed by atoms with Crippen LogP contribution in [0.2, 0.25) is 0 Å². The first-order valence-electron chi connectivity index (χ1n) is 3.53. The van der Waals surface area contributed by atoms with Crippen molar-refractivity contribution in [3.63, 3.8) is 0 Å². The summed E-state index contributed by atoms with van der Waals surface area (Å²) in [5, 5.41) is 7.14. The normalized spacial score (nSPS) is 15.6. The zero-order valence-corrected chi connectivity index (χ0v) is 7.43. The van der Waals surface area contributed by atoms with Crippen molar-refractivity contribution in [3.05, 3.63) is 0 Å². The Morgan fingerprint density at radius 3 is 2.92 bits per heavy atom. The highest BCUT2D eigenvalue weighted by Crippen LogP contribution is 2.04. The van der Waals surface area contributed by atoms with Gasteiger partial charge in [-0.15, -0.1) is 16.9 Å². The summed E-state index contributed by atoms with van der Waals surface area (Å²) in [7, 11) is 0. The smallest absolute Gasteiger partial charge is 0.245 e. The summed E-state index contributed by atoms with van der Waals surface area (Å²) < 4.78 is 0. The summed E-state index contributed by atoms with van der Waals surface area (Å²) >= 11 is 1.36. The lowest BCUT2D eigenvalue weighted by Gasteiger charge is -2.02. The molecule has 0 aliphatic carbocycles. The van der Waals surface area contributed by atoms with Crippen LogP contribution in [0.5, 0.6) is 0 Å². The second-order valence-electron chi connectivity index (χ2n) is 2.18. The molecule has 1 rings (SSSR count). The molecule has 0 unspecified atom stereocenters. The first-order valence-corrected chi connectivity index (χ1v) is 4.58. The lowest BCUT2D eigenvalue weighted by atomic mass is 10.1. The lowest BCUT2D eigenvalue weighted by molar-refractivity contribution is -0.132. The van der Waals surface area contributed by atoms with E-state index in [1.165, 1.54) is 11.8 Å². The first-order chi connectivity index (χ1) is 5.75. The molecule has 0 radical (unpaired) electrons. The molecule has 1 aliphatic rings. The molecule has 0 aromatic rings. The Bertz CT molecular complexity index is 271. The van der Waals surface area contributed by atoms with Gasteiger partial charge in [-0.25, -0.2) is 0 Å². The number of carbonyl (C=O) groups excluding carboxylic acids is 2. The Labute approximate surface area is 74.1 Å². The van der Waals surface area contributed by atoms with E-state index in [1.54, 1.807) is 12.5 Å². The average molecular weight is 184 g/mol. The highest BCUT2D eigenvalue weighted by Gasteiger charge is 2.19. The Morgan fingerprint density at radius 2 is 2.42 bits per heavy atom. The summed E-state index contributed by atoms with van der Waals surface area (Å²) in [6.07, 6.45) is 0.228. The Morgan fingerprint density at radius 1 is 1.67 bits per heavy atom. The number of Topliss-reactive ketones (excluding diaryl/α,β-unsaturated/α-hetero) is 2. The summed E-state index contributed by atoms with van der Waals surface area (Å²) in [4.78, 5) is 22.1. The molecule has 0 aromatic heterocycles. The van der Waals surface area contributed by atoms with Gasteiger partial charge < -0.3 is 0 Å². The van der Waals surface area contributed by atoms with Crippen molar-refractivity contribution in [1.29, 1.82) is 0 Å². The molecule has 0 saturated carbocycles. The maximum Gasteiger partial charge on any atom is 0.245 e. The van der Waals surface area contributed by atoms with Crippen LogP contribution in [0.3, 0.4) is 0 Å². The summed E-state index contributed by atoms with van der Waals surface area (Å²) in [6, 6.07) is 0. The third-order valence-electron chi connectivity index (χ3n) is 1.36. The molecule has 5 heteroatoms. The Kier molecular flexibility index (Phi) is 3.16. The molecule has 0 saturated heterocycles. The number of ketones is 2.